The molecular weight excluding hydrogens is 350 g/mol. The summed E-state index contributed by atoms with van der Waals surface area (Å²) in [4.78, 5) is 15.9. The minimum Gasteiger partial charge on any atom is -0.478 e. The van der Waals surface area contributed by atoms with Gasteiger partial charge in [0.2, 0.25) is 5.92 Å². The second kappa shape index (κ2) is 6.56. The van der Waals surface area contributed by atoms with E-state index in [0.717, 1.165) is 11.4 Å². The molecule has 0 unspecified atom stereocenters. The number of carboxylic acids is 1. The number of hydrogen-bond donors (Lipinski definition) is 1. The Balaban J connectivity index is 1.99. The first-order valence-corrected chi connectivity index (χ1v) is 8.87. The van der Waals surface area contributed by atoms with Gasteiger partial charge in [-0.15, -0.1) is 0 Å². The van der Waals surface area contributed by atoms with Gasteiger partial charge in [0.15, 0.2) is 0 Å². The molecule has 25 heavy (non-hydrogen) atoms. The molecule has 1 fully saturated rings. The average Bonchev–Trinajstić information content (AvgIpc) is 2.86. The fraction of sp³-hybridized carbons (Fsp3) is 0.556. The van der Waals surface area contributed by atoms with Crippen molar-refractivity contribution in [2.75, 3.05) is 0 Å². The van der Waals surface area contributed by atoms with Gasteiger partial charge < -0.3 is 9.51 Å². The molecule has 4 nitrogen and oxygen atoms in total. The minimum atomic E-state index is -2.55. The van der Waals surface area contributed by atoms with Gasteiger partial charge in [0.25, 0.3) is 0 Å². The molecule has 0 bridgehead atoms. The quantitative estimate of drug-likeness (QED) is 0.807. The van der Waals surface area contributed by atoms with Gasteiger partial charge in [0, 0.05) is 24.7 Å². The molecule has 0 saturated heterocycles. The number of carbonyl (C=O) groups is 1. The van der Waals surface area contributed by atoms with Crippen LogP contribution in [-0.2, 0) is 6.42 Å². The van der Waals surface area contributed by atoms with E-state index in [1.165, 1.54) is 6.07 Å². The summed E-state index contributed by atoms with van der Waals surface area (Å²) >= 11 is 6.11. The van der Waals surface area contributed by atoms with E-state index in [2.05, 4.69) is 4.98 Å². The van der Waals surface area contributed by atoms with E-state index < -0.39 is 11.9 Å². The number of pyridine rings is 1. The molecule has 0 radical (unpaired) electrons. The summed E-state index contributed by atoms with van der Waals surface area (Å²) in [7, 11) is 0. The maximum absolute atomic E-state index is 13.4. The number of fused-ring (bicyclic) bond motifs is 1. The zero-order chi connectivity index (χ0) is 18.4. The van der Waals surface area contributed by atoms with E-state index >= 15 is 0 Å². The summed E-state index contributed by atoms with van der Waals surface area (Å²) in [6.45, 7) is 4.03. The molecular formula is C18H21ClF2N2O2. The second-order valence-electron chi connectivity index (χ2n) is 7.17. The lowest BCUT2D eigenvalue weighted by Crippen LogP contribution is -2.26. The summed E-state index contributed by atoms with van der Waals surface area (Å²) in [5, 5.41) is 9.37. The molecule has 0 spiro atoms. The number of hydrogen-bond acceptors (Lipinski definition) is 2. The molecule has 2 heterocycles. The maximum atomic E-state index is 13.4. The number of aromatic nitrogens is 2. The number of halogens is 3. The second-order valence-corrected chi connectivity index (χ2v) is 7.58. The van der Waals surface area contributed by atoms with Crippen molar-refractivity contribution in [2.24, 2.45) is 5.92 Å². The van der Waals surface area contributed by atoms with Crippen molar-refractivity contribution in [3.8, 4) is 0 Å². The van der Waals surface area contributed by atoms with Crippen LogP contribution >= 0.6 is 11.6 Å². The Morgan fingerprint density at radius 3 is 2.64 bits per heavy atom. The van der Waals surface area contributed by atoms with Crippen molar-refractivity contribution in [1.82, 2.24) is 9.38 Å². The highest BCUT2D eigenvalue weighted by atomic mass is 35.5. The number of nitrogens with zero attached hydrogens (tertiary/aromatic N) is 2. The van der Waals surface area contributed by atoms with E-state index in [1.54, 1.807) is 6.20 Å². The van der Waals surface area contributed by atoms with E-state index in [1.807, 2.05) is 18.2 Å². The Morgan fingerprint density at radius 1 is 1.44 bits per heavy atom. The number of carboxylic acid groups (broad SMARTS) is 1. The van der Waals surface area contributed by atoms with Gasteiger partial charge >= 0.3 is 5.97 Å². The average molecular weight is 371 g/mol. The fourth-order valence-electron chi connectivity index (χ4n) is 3.54. The first-order valence-electron chi connectivity index (χ1n) is 8.49. The molecule has 7 heteroatoms. The van der Waals surface area contributed by atoms with Crippen LogP contribution in [0.15, 0.2) is 12.3 Å². The van der Waals surface area contributed by atoms with Crippen LogP contribution in [0.3, 0.4) is 0 Å². The molecule has 1 N–H and O–H groups in total. The van der Waals surface area contributed by atoms with Crippen LogP contribution < -0.4 is 0 Å². The van der Waals surface area contributed by atoms with E-state index in [4.69, 9.17) is 11.6 Å². The molecule has 1 aliphatic carbocycles. The van der Waals surface area contributed by atoms with Gasteiger partial charge in [-0.2, -0.15) is 0 Å². The lowest BCUT2D eigenvalue weighted by molar-refractivity contribution is -0.0457. The van der Waals surface area contributed by atoms with E-state index in [-0.39, 0.29) is 35.3 Å². The molecule has 2 aromatic rings. The monoisotopic (exact) mass is 370 g/mol. The lowest BCUT2D eigenvalue weighted by atomic mass is 9.83. The molecule has 1 saturated carbocycles. The van der Waals surface area contributed by atoms with Gasteiger partial charge in [0.05, 0.1) is 16.3 Å². The molecule has 0 aromatic carbocycles. The zero-order valence-electron chi connectivity index (χ0n) is 14.2. The molecule has 0 aliphatic heterocycles. The van der Waals surface area contributed by atoms with Gasteiger partial charge in [-0.1, -0.05) is 25.4 Å². The van der Waals surface area contributed by atoms with Crippen LogP contribution in [-0.4, -0.2) is 26.4 Å². The van der Waals surface area contributed by atoms with Crippen molar-refractivity contribution in [2.45, 2.75) is 57.8 Å². The smallest absolute Gasteiger partial charge is 0.337 e. The van der Waals surface area contributed by atoms with Gasteiger partial charge in [-0.05, 0) is 37.2 Å². The van der Waals surface area contributed by atoms with Crippen molar-refractivity contribution in [1.29, 1.82) is 0 Å². The summed E-state index contributed by atoms with van der Waals surface area (Å²) in [5.41, 5.74) is 2.36. The Morgan fingerprint density at radius 2 is 2.08 bits per heavy atom. The predicted molar refractivity (Wildman–Crippen MR) is 91.9 cm³/mol. The van der Waals surface area contributed by atoms with Crippen molar-refractivity contribution >= 4 is 23.2 Å². The third kappa shape index (κ3) is 3.64. The number of alkyl halides is 2. The highest BCUT2D eigenvalue weighted by Gasteiger charge is 2.35. The molecule has 3 rings (SSSR count). The van der Waals surface area contributed by atoms with E-state index in [0.29, 0.717) is 24.9 Å². The molecule has 2 aromatic heterocycles. The van der Waals surface area contributed by atoms with Crippen LogP contribution in [0, 0.1) is 5.92 Å². The highest BCUT2D eigenvalue weighted by molar-refractivity contribution is 6.33. The standard InChI is InChI=1S/C18H21ClF2N2O2/c1-10(2)16-14(7-11-3-5-18(20,21)6-4-11)23-9-13(19)12(17(24)25)8-15(23)22-16/h8-11H,3-7H2,1-2H3,(H,24,25). The molecule has 1 aliphatic rings. The van der Waals surface area contributed by atoms with Crippen LogP contribution in [0.25, 0.3) is 5.65 Å². The summed E-state index contributed by atoms with van der Waals surface area (Å²) in [6.07, 6.45) is 3.04. The van der Waals surface area contributed by atoms with E-state index in [9.17, 15) is 18.7 Å². The normalized spacial score (nSPS) is 18.2. The Hall–Kier alpha value is -1.69. The zero-order valence-corrected chi connectivity index (χ0v) is 15.0. The number of rotatable bonds is 4. The van der Waals surface area contributed by atoms with Crippen molar-refractivity contribution < 1.29 is 18.7 Å². The van der Waals surface area contributed by atoms with Crippen LogP contribution in [0.5, 0.6) is 0 Å². The first-order chi connectivity index (χ1) is 11.7. The summed E-state index contributed by atoms with van der Waals surface area (Å²) in [5.74, 6) is -3.32. The largest absolute Gasteiger partial charge is 0.478 e. The van der Waals surface area contributed by atoms with Crippen molar-refractivity contribution in [3.05, 3.63) is 34.2 Å². The summed E-state index contributed by atoms with van der Waals surface area (Å²) in [6, 6.07) is 1.47. The third-order valence-corrected chi connectivity index (χ3v) is 5.24. The molecule has 136 valence electrons. The minimum absolute atomic E-state index is 0.0123. The highest BCUT2D eigenvalue weighted by Crippen LogP contribution is 2.38. The van der Waals surface area contributed by atoms with Crippen LogP contribution in [0.1, 0.15) is 67.2 Å². The fourth-order valence-corrected chi connectivity index (χ4v) is 3.77. The summed E-state index contributed by atoms with van der Waals surface area (Å²) < 4.78 is 28.6. The van der Waals surface area contributed by atoms with Gasteiger partial charge in [0.1, 0.15) is 5.65 Å². The molecule has 0 atom stereocenters. The van der Waals surface area contributed by atoms with Crippen molar-refractivity contribution in [3.63, 3.8) is 0 Å². The Bertz CT molecular complexity index is 807. The predicted octanol–water partition coefficient (Wildman–Crippen LogP) is 5.18. The van der Waals surface area contributed by atoms with Crippen LogP contribution in [0.4, 0.5) is 8.78 Å². The lowest BCUT2D eigenvalue weighted by Gasteiger charge is -2.28. The Kier molecular flexibility index (Phi) is 4.75. The molecule has 0 amide bonds. The SMILES string of the molecule is CC(C)c1nc2cc(C(=O)O)c(Cl)cn2c1CC1CCC(F)(F)CC1. The Labute approximate surface area is 149 Å². The van der Waals surface area contributed by atoms with Gasteiger partial charge in [-0.3, -0.25) is 0 Å². The topological polar surface area (TPSA) is 54.6 Å². The number of imidazole rings is 1. The van der Waals surface area contributed by atoms with Gasteiger partial charge in [-0.25, -0.2) is 18.6 Å². The third-order valence-electron chi connectivity index (χ3n) is 4.94. The number of aromatic carboxylic acids is 1. The maximum Gasteiger partial charge on any atom is 0.337 e. The van der Waals surface area contributed by atoms with Crippen LogP contribution in [0.2, 0.25) is 5.02 Å². The first kappa shape index (κ1) is 18.1.